The second-order valence-electron chi connectivity index (χ2n) is 4.04. The number of carbonyl (C=O) groups excluding carboxylic acids is 1. The molecule has 0 fully saturated rings. The highest BCUT2D eigenvalue weighted by atomic mass is 35.5. The van der Waals surface area contributed by atoms with E-state index < -0.39 is 17.3 Å². The van der Waals surface area contributed by atoms with Crippen LogP contribution in [0.2, 0.25) is 5.02 Å². The zero-order valence-corrected chi connectivity index (χ0v) is 9.88. The second kappa shape index (κ2) is 4.52. The number of rotatable bonds is 1. The first-order valence-electron chi connectivity index (χ1n) is 4.53. The summed E-state index contributed by atoms with van der Waals surface area (Å²) in [5, 5.41) is 2.23. The van der Waals surface area contributed by atoms with E-state index in [-0.39, 0.29) is 11.0 Å². The van der Waals surface area contributed by atoms with E-state index in [0.717, 1.165) is 6.20 Å². The van der Waals surface area contributed by atoms with Crippen molar-refractivity contribution in [1.29, 1.82) is 0 Å². The Balaban J connectivity index is 2.71. The van der Waals surface area contributed by atoms with Gasteiger partial charge in [-0.3, -0.25) is 15.1 Å². The van der Waals surface area contributed by atoms with Gasteiger partial charge in [0.15, 0.2) is 0 Å². The van der Waals surface area contributed by atoms with Crippen LogP contribution < -0.4 is 10.9 Å². The number of halogens is 1. The molecule has 1 heterocycles. The zero-order valence-electron chi connectivity index (χ0n) is 9.13. The molecule has 0 atom stereocenters. The van der Waals surface area contributed by atoms with Crippen LogP contribution >= 0.6 is 11.6 Å². The summed E-state index contributed by atoms with van der Waals surface area (Å²) in [6.07, 6.45) is 0.450. The average molecular weight is 246 g/mol. The standard InChI is InChI=1S/C9H12ClN3O3/c1-9(2,3)16-8(15)13-7-11-4-5(10)6(14)12-7/h4H,1-3H3,(H2,11,12,13,14,15). The number of aromatic nitrogens is 2. The SMILES string of the molecule is CC(C)(C)OC(=O)Nc1ncc(Cl)c(=O)[nH]1. The summed E-state index contributed by atoms with van der Waals surface area (Å²) < 4.78 is 4.97. The molecule has 1 aromatic rings. The average Bonchev–Trinajstić information content (AvgIpc) is 2.08. The molecule has 0 aromatic carbocycles. The normalized spacial score (nSPS) is 11.0. The minimum absolute atomic E-state index is 0.0105. The largest absolute Gasteiger partial charge is 0.444 e. The number of H-pyrrole nitrogens is 1. The van der Waals surface area contributed by atoms with Crippen molar-refractivity contribution in [2.24, 2.45) is 0 Å². The fourth-order valence-corrected chi connectivity index (χ4v) is 0.939. The smallest absolute Gasteiger partial charge is 0.414 e. The first-order valence-corrected chi connectivity index (χ1v) is 4.90. The monoisotopic (exact) mass is 245 g/mol. The molecule has 7 heteroatoms. The number of anilines is 1. The molecule has 0 aliphatic carbocycles. The van der Waals surface area contributed by atoms with Gasteiger partial charge in [0, 0.05) is 0 Å². The number of nitrogens with one attached hydrogen (secondary N) is 2. The van der Waals surface area contributed by atoms with E-state index in [0.29, 0.717) is 0 Å². The van der Waals surface area contributed by atoms with E-state index in [1.807, 2.05) is 0 Å². The number of amides is 1. The first-order chi connectivity index (χ1) is 7.28. The molecular weight excluding hydrogens is 234 g/mol. The predicted octanol–water partition coefficient (Wildman–Crippen LogP) is 1.77. The molecule has 1 aromatic heterocycles. The maximum atomic E-state index is 11.3. The molecule has 0 radical (unpaired) electrons. The van der Waals surface area contributed by atoms with Crippen LogP contribution in [-0.2, 0) is 4.74 Å². The molecule has 16 heavy (non-hydrogen) atoms. The van der Waals surface area contributed by atoms with Gasteiger partial charge in [0.1, 0.15) is 10.6 Å². The Labute approximate surface area is 97.0 Å². The number of hydrogen-bond acceptors (Lipinski definition) is 4. The third-order valence-electron chi connectivity index (χ3n) is 1.38. The van der Waals surface area contributed by atoms with Crippen molar-refractivity contribution in [3.05, 3.63) is 21.6 Å². The predicted molar refractivity (Wildman–Crippen MR) is 59.7 cm³/mol. The van der Waals surface area contributed by atoms with Gasteiger partial charge in [0.05, 0.1) is 6.20 Å². The molecule has 0 spiro atoms. The maximum Gasteiger partial charge on any atom is 0.414 e. The number of carbonyl (C=O) groups is 1. The molecule has 0 aliphatic heterocycles. The number of aromatic amines is 1. The maximum absolute atomic E-state index is 11.3. The van der Waals surface area contributed by atoms with E-state index in [2.05, 4.69) is 15.3 Å². The summed E-state index contributed by atoms with van der Waals surface area (Å²) in [5.74, 6) is -0.0105. The topological polar surface area (TPSA) is 84.1 Å². The van der Waals surface area contributed by atoms with Crippen molar-refractivity contribution in [2.75, 3.05) is 5.32 Å². The van der Waals surface area contributed by atoms with E-state index in [1.54, 1.807) is 20.8 Å². The first kappa shape index (κ1) is 12.5. The van der Waals surface area contributed by atoms with Gasteiger partial charge in [-0.1, -0.05) is 11.6 Å². The Morgan fingerprint density at radius 2 is 2.19 bits per heavy atom. The van der Waals surface area contributed by atoms with Crippen molar-refractivity contribution in [3.63, 3.8) is 0 Å². The summed E-state index contributed by atoms with van der Waals surface area (Å²) in [6, 6.07) is 0. The van der Waals surface area contributed by atoms with E-state index in [9.17, 15) is 9.59 Å². The molecule has 1 rings (SSSR count). The highest BCUT2D eigenvalue weighted by molar-refractivity contribution is 6.30. The van der Waals surface area contributed by atoms with Crippen molar-refractivity contribution >= 4 is 23.6 Å². The van der Waals surface area contributed by atoms with Crippen LogP contribution in [0.3, 0.4) is 0 Å². The van der Waals surface area contributed by atoms with Crippen molar-refractivity contribution < 1.29 is 9.53 Å². The van der Waals surface area contributed by atoms with Crippen LogP contribution in [0.15, 0.2) is 11.0 Å². The van der Waals surface area contributed by atoms with Crippen LogP contribution in [0.4, 0.5) is 10.7 Å². The van der Waals surface area contributed by atoms with Gasteiger partial charge in [0.2, 0.25) is 5.95 Å². The van der Waals surface area contributed by atoms with E-state index >= 15 is 0 Å². The molecule has 0 saturated heterocycles. The van der Waals surface area contributed by atoms with Gasteiger partial charge in [-0.2, -0.15) is 0 Å². The summed E-state index contributed by atoms with van der Waals surface area (Å²) in [4.78, 5) is 28.4. The molecular formula is C9H12ClN3O3. The lowest BCUT2D eigenvalue weighted by molar-refractivity contribution is 0.0634. The second-order valence-corrected chi connectivity index (χ2v) is 4.44. The van der Waals surface area contributed by atoms with Gasteiger partial charge in [0.25, 0.3) is 5.56 Å². The Kier molecular flexibility index (Phi) is 3.54. The highest BCUT2D eigenvalue weighted by Crippen LogP contribution is 2.08. The minimum atomic E-state index is -0.696. The Hall–Kier alpha value is -1.56. The Morgan fingerprint density at radius 3 is 2.69 bits per heavy atom. The van der Waals surface area contributed by atoms with Gasteiger partial charge in [-0.15, -0.1) is 0 Å². The van der Waals surface area contributed by atoms with Crippen molar-refractivity contribution in [1.82, 2.24) is 9.97 Å². The summed E-state index contributed by atoms with van der Waals surface area (Å²) >= 11 is 5.47. The zero-order chi connectivity index (χ0) is 12.3. The summed E-state index contributed by atoms with van der Waals surface area (Å²) in [5.41, 5.74) is -1.14. The summed E-state index contributed by atoms with van der Waals surface area (Å²) in [7, 11) is 0. The molecule has 0 bridgehead atoms. The number of ether oxygens (including phenoxy) is 1. The molecule has 0 aliphatic rings. The Morgan fingerprint density at radius 1 is 1.56 bits per heavy atom. The van der Waals surface area contributed by atoms with Crippen molar-refractivity contribution in [3.8, 4) is 0 Å². The van der Waals surface area contributed by atoms with Crippen LogP contribution in [-0.4, -0.2) is 21.7 Å². The molecule has 2 N–H and O–H groups in total. The fourth-order valence-electron chi connectivity index (χ4n) is 0.843. The third kappa shape index (κ3) is 3.90. The van der Waals surface area contributed by atoms with Gasteiger partial charge in [-0.05, 0) is 20.8 Å². The highest BCUT2D eigenvalue weighted by Gasteiger charge is 2.16. The lowest BCUT2D eigenvalue weighted by atomic mass is 10.2. The molecule has 88 valence electrons. The van der Waals surface area contributed by atoms with Gasteiger partial charge >= 0.3 is 6.09 Å². The lowest BCUT2D eigenvalue weighted by Crippen LogP contribution is -2.28. The van der Waals surface area contributed by atoms with E-state index in [4.69, 9.17) is 16.3 Å². The third-order valence-corrected chi connectivity index (χ3v) is 1.64. The van der Waals surface area contributed by atoms with E-state index in [1.165, 1.54) is 0 Å². The molecule has 0 unspecified atom stereocenters. The molecule has 1 amide bonds. The number of hydrogen-bond donors (Lipinski definition) is 2. The lowest BCUT2D eigenvalue weighted by Gasteiger charge is -2.19. The summed E-state index contributed by atoms with van der Waals surface area (Å²) in [6.45, 7) is 5.18. The minimum Gasteiger partial charge on any atom is -0.444 e. The fraction of sp³-hybridized carbons (Fsp3) is 0.444. The Bertz CT molecular complexity index is 450. The molecule has 0 saturated carbocycles. The van der Waals surface area contributed by atoms with Gasteiger partial charge in [-0.25, -0.2) is 9.78 Å². The molecule has 6 nitrogen and oxygen atoms in total. The number of nitrogens with zero attached hydrogens (tertiary/aromatic N) is 1. The van der Waals surface area contributed by atoms with Crippen LogP contribution in [0.5, 0.6) is 0 Å². The van der Waals surface area contributed by atoms with Crippen LogP contribution in [0.25, 0.3) is 0 Å². The quantitative estimate of drug-likeness (QED) is 0.790. The van der Waals surface area contributed by atoms with Crippen LogP contribution in [0, 0.1) is 0 Å². The van der Waals surface area contributed by atoms with Crippen molar-refractivity contribution in [2.45, 2.75) is 26.4 Å². The van der Waals surface area contributed by atoms with Gasteiger partial charge < -0.3 is 4.74 Å². The van der Waals surface area contributed by atoms with Crippen LogP contribution in [0.1, 0.15) is 20.8 Å².